The van der Waals surface area contributed by atoms with Crippen molar-refractivity contribution in [3.8, 4) is 0 Å². The third-order valence-corrected chi connectivity index (χ3v) is 6.90. The first kappa shape index (κ1) is 19.7. The molecule has 3 amide bonds. The smallest absolute Gasteiger partial charge is 0.250 e. The number of para-hydroxylation sites is 1. The molecule has 2 saturated heterocycles. The van der Waals surface area contributed by atoms with E-state index < -0.39 is 17.4 Å². The minimum absolute atomic E-state index is 0.191. The molecule has 3 heterocycles. The highest BCUT2D eigenvalue weighted by Gasteiger charge is 2.70. The van der Waals surface area contributed by atoms with Gasteiger partial charge in [0.1, 0.15) is 5.54 Å². The first-order valence-corrected chi connectivity index (χ1v) is 11.0. The van der Waals surface area contributed by atoms with Gasteiger partial charge in [-0.1, -0.05) is 23.7 Å². The number of nitrogens with zero attached hydrogens (tertiary/aromatic N) is 1. The van der Waals surface area contributed by atoms with E-state index >= 15 is 0 Å². The maximum atomic E-state index is 13.3. The molecule has 2 fully saturated rings. The summed E-state index contributed by atoms with van der Waals surface area (Å²) >= 11 is 7.96. The van der Waals surface area contributed by atoms with E-state index in [-0.39, 0.29) is 36.9 Å². The molecule has 3 aliphatic rings. The molecule has 0 aliphatic carbocycles. The Labute approximate surface area is 172 Å². The molecule has 4 rings (SSSR count). The zero-order valence-electron chi connectivity index (χ0n) is 15.7. The van der Waals surface area contributed by atoms with Gasteiger partial charge in [-0.25, -0.2) is 0 Å². The fraction of sp³-hybridized carbons (Fsp3) is 0.526. The van der Waals surface area contributed by atoms with Crippen molar-refractivity contribution < 1.29 is 19.1 Å². The van der Waals surface area contributed by atoms with Gasteiger partial charge in [0.05, 0.1) is 35.7 Å². The number of rotatable bonds is 6. The number of likely N-dealkylation sites (tertiary alicyclic amines) is 1. The highest BCUT2D eigenvalue weighted by Crippen LogP contribution is 2.54. The second-order valence-corrected chi connectivity index (χ2v) is 8.67. The Hall–Kier alpha value is -1.61. The van der Waals surface area contributed by atoms with E-state index in [1.165, 1.54) is 12.0 Å². The number of carbonyl (C=O) groups is 3. The van der Waals surface area contributed by atoms with Crippen LogP contribution < -0.4 is 10.6 Å². The molecule has 0 saturated carbocycles. The molecule has 0 radical (unpaired) electrons. The summed E-state index contributed by atoms with van der Waals surface area (Å²) in [5.41, 5.74) is -0.120. The molecule has 3 aliphatic heterocycles. The van der Waals surface area contributed by atoms with Gasteiger partial charge in [-0.05, 0) is 24.5 Å². The number of ether oxygens (including phenoxy) is 1. The predicted molar refractivity (Wildman–Crippen MR) is 107 cm³/mol. The van der Waals surface area contributed by atoms with Gasteiger partial charge in [0.25, 0.3) is 0 Å². The third-order valence-electron chi connectivity index (χ3n) is 5.94. The predicted octanol–water partition coefficient (Wildman–Crippen LogP) is 1.46. The summed E-state index contributed by atoms with van der Waals surface area (Å²) in [4.78, 5) is 40.9. The number of fused-ring (bicyclic) bond motifs is 4. The molecule has 0 aromatic heterocycles. The van der Waals surface area contributed by atoms with Crippen LogP contribution >= 0.6 is 23.4 Å². The van der Waals surface area contributed by atoms with Crippen LogP contribution in [0.25, 0.3) is 0 Å². The lowest BCUT2D eigenvalue weighted by Crippen LogP contribution is -2.53. The number of halogens is 1. The van der Waals surface area contributed by atoms with E-state index in [1.54, 1.807) is 30.0 Å². The normalized spacial score (nSPS) is 30.9. The molecular weight excluding hydrogens is 402 g/mol. The van der Waals surface area contributed by atoms with Crippen LogP contribution in [0.1, 0.15) is 12.0 Å². The molecule has 150 valence electrons. The fourth-order valence-electron chi connectivity index (χ4n) is 4.75. The zero-order valence-corrected chi connectivity index (χ0v) is 17.2. The molecule has 1 aromatic carbocycles. The Kier molecular flexibility index (Phi) is 5.16. The van der Waals surface area contributed by atoms with Gasteiger partial charge >= 0.3 is 0 Å². The second kappa shape index (κ2) is 7.33. The van der Waals surface area contributed by atoms with Crippen molar-refractivity contribution in [2.75, 3.05) is 37.6 Å². The lowest BCUT2D eigenvalue weighted by atomic mass is 9.76. The molecule has 1 aromatic rings. The minimum atomic E-state index is -1.28. The largest absolute Gasteiger partial charge is 0.383 e. The average Bonchev–Trinajstić information content (AvgIpc) is 3.25. The first-order valence-electron chi connectivity index (χ1n) is 9.18. The first-order chi connectivity index (χ1) is 13.5. The summed E-state index contributed by atoms with van der Waals surface area (Å²) in [5, 5.41) is 6.64. The number of anilines is 1. The number of imide groups is 1. The van der Waals surface area contributed by atoms with Gasteiger partial charge in [0.2, 0.25) is 17.7 Å². The second-order valence-electron chi connectivity index (χ2n) is 7.28. The molecule has 1 spiro atoms. The lowest BCUT2D eigenvalue weighted by molar-refractivity contribution is -0.143. The highest BCUT2D eigenvalue weighted by molar-refractivity contribution is 7.98. The Morgan fingerprint density at radius 2 is 2.07 bits per heavy atom. The van der Waals surface area contributed by atoms with Crippen LogP contribution in [0.5, 0.6) is 0 Å². The molecule has 0 unspecified atom stereocenters. The van der Waals surface area contributed by atoms with Crippen molar-refractivity contribution in [1.29, 1.82) is 0 Å². The van der Waals surface area contributed by atoms with E-state index in [4.69, 9.17) is 16.3 Å². The molecule has 7 nitrogen and oxygen atoms in total. The number of benzene rings is 1. The van der Waals surface area contributed by atoms with E-state index in [2.05, 4.69) is 10.6 Å². The van der Waals surface area contributed by atoms with E-state index in [9.17, 15) is 14.4 Å². The molecule has 2 N–H and O–H groups in total. The number of methoxy groups -OCH3 is 1. The number of nitrogens with one attached hydrogen (secondary N) is 2. The number of hydrogen-bond acceptors (Lipinski definition) is 6. The summed E-state index contributed by atoms with van der Waals surface area (Å²) in [6.07, 6.45) is 2.68. The number of carbonyl (C=O) groups excluding carboxylic acids is 3. The number of thioether (sulfide) groups is 1. The Morgan fingerprint density at radius 3 is 2.79 bits per heavy atom. The third kappa shape index (κ3) is 2.62. The SMILES string of the molecule is COCCN1C(=O)[C@@H]2[C@H](CCSC)N[C@]3(C(=O)Nc4c(Cl)cccc43)[C@@H]2C1=O. The zero-order chi connectivity index (χ0) is 20.1. The van der Waals surface area contributed by atoms with Crippen LogP contribution in [0.15, 0.2) is 18.2 Å². The van der Waals surface area contributed by atoms with Gasteiger partial charge in [-0.2, -0.15) is 11.8 Å². The Bertz CT molecular complexity index is 850. The van der Waals surface area contributed by atoms with Gasteiger partial charge in [-0.3, -0.25) is 24.6 Å². The highest BCUT2D eigenvalue weighted by atomic mass is 35.5. The van der Waals surface area contributed by atoms with Crippen molar-refractivity contribution in [3.05, 3.63) is 28.8 Å². The fourth-order valence-corrected chi connectivity index (χ4v) is 5.46. The summed E-state index contributed by atoms with van der Waals surface area (Å²) < 4.78 is 5.06. The topological polar surface area (TPSA) is 87.7 Å². The molecule has 9 heteroatoms. The van der Waals surface area contributed by atoms with Crippen molar-refractivity contribution in [1.82, 2.24) is 10.2 Å². The standard InChI is InChI=1S/C19H22ClN3O4S/c1-27-8-7-23-16(24)13-12(6-9-28-2)22-19(14(13)17(23)25)10-4-3-5-11(20)15(10)21-18(19)26/h3-5,12-14,22H,6-9H2,1-2H3,(H,21,26)/t12-,13+,14-,19-/m0/s1. The lowest BCUT2D eigenvalue weighted by Gasteiger charge is -2.29. The van der Waals surface area contributed by atoms with Gasteiger partial charge in [0, 0.05) is 18.7 Å². The maximum absolute atomic E-state index is 13.3. The van der Waals surface area contributed by atoms with Crippen LogP contribution in [-0.4, -0.2) is 60.9 Å². The van der Waals surface area contributed by atoms with E-state index in [1.807, 2.05) is 6.26 Å². The summed E-state index contributed by atoms with van der Waals surface area (Å²) in [6.45, 7) is 0.456. The number of amides is 3. The van der Waals surface area contributed by atoms with Gasteiger partial charge in [-0.15, -0.1) is 0 Å². The molecule has 0 bridgehead atoms. The summed E-state index contributed by atoms with van der Waals surface area (Å²) in [5.74, 6) is -1.43. The minimum Gasteiger partial charge on any atom is -0.383 e. The number of hydrogen-bond donors (Lipinski definition) is 2. The van der Waals surface area contributed by atoms with Crippen molar-refractivity contribution in [2.24, 2.45) is 11.8 Å². The van der Waals surface area contributed by atoms with Crippen LogP contribution in [0, 0.1) is 11.8 Å². The maximum Gasteiger partial charge on any atom is 0.250 e. The van der Waals surface area contributed by atoms with Crippen molar-refractivity contribution in [3.63, 3.8) is 0 Å². The Balaban J connectivity index is 1.82. The van der Waals surface area contributed by atoms with Crippen LogP contribution in [0.4, 0.5) is 5.69 Å². The average molecular weight is 424 g/mol. The van der Waals surface area contributed by atoms with Crippen LogP contribution in [-0.2, 0) is 24.7 Å². The van der Waals surface area contributed by atoms with Gasteiger partial charge in [0.15, 0.2) is 0 Å². The summed E-state index contributed by atoms with van der Waals surface area (Å²) in [6, 6.07) is 5.00. The molecular formula is C19H22ClN3O4S. The van der Waals surface area contributed by atoms with E-state index in [0.717, 1.165) is 5.75 Å². The van der Waals surface area contributed by atoms with Crippen molar-refractivity contribution in [2.45, 2.75) is 18.0 Å². The Morgan fingerprint density at radius 1 is 1.29 bits per heavy atom. The van der Waals surface area contributed by atoms with Gasteiger partial charge < -0.3 is 10.1 Å². The molecule has 4 atom stereocenters. The van der Waals surface area contributed by atoms with Crippen LogP contribution in [0.3, 0.4) is 0 Å². The quantitative estimate of drug-likeness (QED) is 0.673. The van der Waals surface area contributed by atoms with Crippen LogP contribution in [0.2, 0.25) is 5.02 Å². The van der Waals surface area contributed by atoms with E-state index in [0.29, 0.717) is 22.7 Å². The molecule has 28 heavy (non-hydrogen) atoms. The van der Waals surface area contributed by atoms with Crippen molar-refractivity contribution >= 4 is 46.8 Å². The monoisotopic (exact) mass is 423 g/mol. The summed E-state index contributed by atoms with van der Waals surface area (Å²) in [7, 11) is 1.53.